The van der Waals surface area contributed by atoms with E-state index in [2.05, 4.69) is 81.2 Å². The van der Waals surface area contributed by atoms with Crippen LogP contribution in [0, 0.1) is 6.92 Å². The van der Waals surface area contributed by atoms with Crippen molar-refractivity contribution in [3.63, 3.8) is 0 Å². The molecule has 0 aliphatic carbocycles. The van der Waals surface area contributed by atoms with Gasteiger partial charge in [0.1, 0.15) is 0 Å². The average molecular weight is 479 g/mol. The Labute approximate surface area is 213 Å². The normalized spacial score (nSPS) is 15.9. The van der Waals surface area contributed by atoms with Crippen molar-refractivity contribution in [3.8, 4) is 0 Å². The van der Waals surface area contributed by atoms with Crippen molar-refractivity contribution in [2.24, 2.45) is 0 Å². The molecule has 2 heterocycles. The summed E-state index contributed by atoms with van der Waals surface area (Å²) in [5, 5.41) is 7.17. The number of nitrogens with zero attached hydrogens (tertiary/aromatic N) is 2. The van der Waals surface area contributed by atoms with E-state index in [9.17, 15) is 4.79 Å². The van der Waals surface area contributed by atoms with Crippen LogP contribution >= 0.6 is 0 Å². The van der Waals surface area contributed by atoms with Crippen molar-refractivity contribution in [1.82, 2.24) is 15.2 Å². The lowest BCUT2D eigenvalue weighted by Gasteiger charge is -2.34. The molecule has 184 valence electrons. The maximum atomic E-state index is 12.9. The summed E-state index contributed by atoms with van der Waals surface area (Å²) in [5.74, 6) is 0. The van der Waals surface area contributed by atoms with Crippen LogP contribution in [0.5, 0.6) is 0 Å². The van der Waals surface area contributed by atoms with Crippen molar-refractivity contribution in [2.45, 2.75) is 44.7 Å². The van der Waals surface area contributed by atoms with Gasteiger partial charge in [0.2, 0.25) is 0 Å². The number of hydrogen-bond donors (Lipinski definition) is 2. The van der Waals surface area contributed by atoms with Crippen molar-refractivity contribution >= 4 is 22.6 Å². The highest BCUT2D eigenvalue weighted by atomic mass is 16.2. The van der Waals surface area contributed by atoms with Gasteiger partial charge >= 0.3 is 6.03 Å². The molecule has 1 saturated heterocycles. The van der Waals surface area contributed by atoms with Crippen LogP contribution in [-0.2, 0) is 12.8 Å². The zero-order valence-electron chi connectivity index (χ0n) is 20.9. The smallest absolute Gasteiger partial charge is 0.319 e. The van der Waals surface area contributed by atoms with E-state index in [0.29, 0.717) is 18.6 Å². The lowest BCUT2D eigenvalue weighted by Crippen LogP contribution is -2.47. The largest absolute Gasteiger partial charge is 0.336 e. The second-order valence-electron chi connectivity index (χ2n) is 9.73. The van der Waals surface area contributed by atoms with Gasteiger partial charge in [0.05, 0.1) is 11.2 Å². The van der Waals surface area contributed by atoms with Gasteiger partial charge < -0.3 is 10.6 Å². The van der Waals surface area contributed by atoms with Crippen LogP contribution in [-0.4, -0.2) is 41.1 Å². The number of para-hydroxylation sites is 1. The lowest BCUT2D eigenvalue weighted by atomic mass is 9.97. The molecule has 1 aliphatic heterocycles. The molecule has 3 aromatic carbocycles. The molecule has 1 aromatic heterocycles. The molecule has 0 unspecified atom stereocenters. The number of fused-ring (bicyclic) bond motifs is 1. The Hall–Kier alpha value is -3.70. The minimum Gasteiger partial charge on any atom is -0.336 e. The first-order valence-corrected chi connectivity index (χ1v) is 12.9. The molecule has 1 atom stereocenters. The third kappa shape index (κ3) is 5.92. The van der Waals surface area contributed by atoms with Gasteiger partial charge in [-0.15, -0.1) is 0 Å². The van der Waals surface area contributed by atoms with E-state index in [-0.39, 0.29) is 6.03 Å². The summed E-state index contributed by atoms with van der Waals surface area (Å²) in [7, 11) is 0. The van der Waals surface area contributed by atoms with E-state index >= 15 is 0 Å². The summed E-state index contributed by atoms with van der Waals surface area (Å²) < 4.78 is 0. The second-order valence-corrected chi connectivity index (χ2v) is 9.73. The summed E-state index contributed by atoms with van der Waals surface area (Å²) in [5.41, 5.74) is 5.28. The fourth-order valence-electron chi connectivity index (χ4n) is 5.43. The molecule has 5 nitrogen and oxygen atoms in total. The van der Waals surface area contributed by atoms with Gasteiger partial charge in [-0.3, -0.25) is 9.88 Å². The van der Waals surface area contributed by atoms with Crippen LogP contribution in [0.25, 0.3) is 10.9 Å². The molecule has 5 rings (SSSR count). The molecule has 0 spiro atoms. The first-order chi connectivity index (χ1) is 17.7. The number of likely N-dealkylation sites (tertiary alicyclic amines) is 1. The Kier molecular flexibility index (Phi) is 7.58. The number of rotatable bonds is 8. The first-order valence-electron chi connectivity index (χ1n) is 12.9. The van der Waals surface area contributed by atoms with Gasteiger partial charge in [0.15, 0.2) is 0 Å². The number of carbonyl (C=O) groups is 1. The summed E-state index contributed by atoms with van der Waals surface area (Å²) in [6.45, 7) is 3.64. The summed E-state index contributed by atoms with van der Waals surface area (Å²) >= 11 is 0. The molecule has 2 amide bonds. The highest BCUT2D eigenvalue weighted by Crippen LogP contribution is 2.25. The van der Waals surface area contributed by atoms with E-state index in [4.69, 9.17) is 0 Å². The van der Waals surface area contributed by atoms with Crippen molar-refractivity contribution < 1.29 is 4.79 Å². The Morgan fingerprint density at radius 2 is 1.58 bits per heavy atom. The van der Waals surface area contributed by atoms with Crippen molar-refractivity contribution in [2.75, 3.05) is 18.4 Å². The zero-order valence-corrected chi connectivity index (χ0v) is 20.9. The van der Waals surface area contributed by atoms with Gasteiger partial charge in [-0.25, -0.2) is 4.79 Å². The van der Waals surface area contributed by atoms with Crippen LogP contribution in [0.1, 0.15) is 29.7 Å². The van der Waals surface area contributed by atoms with Crippen molar-refractivity contribution in [3.05, 3.63) is 108 Å². The van der Waals surface area contributed by atoms with E-state index < -0.39 is 0 Å². The molecule has 2 N–H and O–H groups in total. The molecule has 4 aromatic rings. The van der Waals surface area contributed by atoms with E-state index in [1.807, 2.05) is 37.3 Å². The van der Waals surface area contributed by atoms with Crippen LogP contribution in [0.2, 0.25) is 0 Å². The maximum absolute atomic E-state index is 12.9. The Balaban J connectivity index is 1.27. The average Bonchev–Trinajstić information content (AvgIpc) is 3.37. The maximum Gasteiger partial charge on any atom is 0.319 e. The van der Waals surface area contributed by atoms with E-state index in [1.54, 1.807) is 0 Å². The lowest BCUT2D eigenvalue weighted by molar-refractivity contribution is 0.173. The Bertz CT molecular complexity index is 1250. The molecule has 0 bridgehead atoms. The Morgan fingerprint density at radius 3 is 2.28 bits per heavy atom. The number of hydrogen-bond acceptors (Lipinski definition) is 3. The molecule has 0 saturated carbocycles. The monoisotopic (exact) mass is 478 g/mol. The molecule has 36 heavy (non-hydrogen) atoms. The van der Waals surface area contributed by atoms with Gasteiger partial charge in [-0.2, -0.15) is 0 Å². The molecule has 0 radical (unpaired) electrons. The van der Waals surface area contributed by atoms with Gasteiger partial charge in [0.25, 0.3) is 0 Å². The van der Waals surface area contributed by atoms with Crippen molar-refractivity contribution in [1.29, 1.82) is 0 Å². The van der Waals surface area contributed by atoms with Crippen LogP contribution in [0.4, 0.5) is 10.5 Å². The standard InChI is InChI=1S/C31H34N4O/c1-23-19-30(28-16-8-9-17-29(28)33-23)34-31(36)32-22-26-15-10-18-35(26)27(20-24-11-4-2-5-12-24)21-25-13-6-3-7-14-25/h2-9,11-14,16-17,19,26-27H,10,15,18,20-22H2,1H3,(H2,32,33,34,36)/t26-/m0/s1. The predicted molar refractivity (Wildman–Crippen MR) is 147 cm³/mol. The summed E-state index contributed by atoms with van der Waals surface area (Å²) in [6.07, 6.45) is 4.25. The SMILES string of the molecule is Cc1cc(NC(=O)NC[C@@H]2CCCN2C(Cc2ccccc2)Cc2ccccc2)c2ccccc2n1. The number of benzene rings is 3. The number of aryl methyl sites for hydroxylation is 1. The summed E-state index contributed by atoms with van der Waals surface area (Å²) in [6, 6.07) is 31.9. The fraction of sp³-hybridized carbons (Fsp3) is 0.290. The second kappa shape index (κ2) is 11.4. The van der Waals surface area contributed by atoms with Gasteiger partial charge in [0, 0.05) is 29.7 Å². The number of pyridine rings is 1. The first kappa shape index (κ1) is 24.0. The van der Waals surface area contributed by atoms with E-state index in [0.717, 1.165) is 54.5 Å². The summed E-state index contributed by atoms with van der Waals surface area (Å²) in [4.78, 5) is 20.1. The quantitative estimate of drug-likeness (QED) is 0.327. The zero-order chi connectivity index (χ0) is 24.7. The third-order valence-electron chi connectivity index (χ3n) is 7.11. The molecule has 1 aliphatic rings. The number of urea groups is 1. The minimum atomic E-state index is -0.166. The highest BCUT2D eigenvalue weighted by Gasteiger charge is 2.31. The van der Waals surface area contributed by atoms with Gasteiger partial charge in [-0.1, -0.05) is 78.9 Å². The number of nitrogens with one attached hydrogen (secondary N) is 2. The highest BCUT2D eigenvalue weighted by molar-refractivity contribution is 6.00. The van der Waals surface area contributed by atoms with Crippen LogP contribution < -0.4 is 10.6 Å². The molecule has 5 heteroatoms. The number of anilines is 1. The van der Waals surface area contributed by atoms with E-state index in [1.165, 1.54) is 11.1 Å². The predicted octanol–water partition coefficient (Wildman–Crippen LogP) is 5.98. The van der Waals surface area contributed by atoms with Crippen LogP contribution in [0.3, 0.4) is 0 Å². The molecule has 1 fully saturated rings. The fourth-order valence-corrected chi connectivity index (χ4v) is 5.43. The topological polar surface area (TPSA) is 57.3 Å². The third-order valence-corrected chi connectivity index (χ3v) is 7.11. The van der Waals surface area contributed by atoms with Crippen LogP contribution in [0.15, 0.2) is 91.0 Å². The van der Waals surface area contributed by atoms with Gasteiger partial charge in [-0.05, 0) is 62.4 Å². The minimum absolute atomic E-state index is 0.166. The number of aromatic nitrogens is 1. The number of amides is 2. The Morgan fingerprint density at radius 1 is 0.944 bits per heavy atom. The number of carbonyl (C=O) groups excluding carboxylic acids is 1. The molecular weight excluding hydrogens is 444 g/mol. The molecular formula is C31H34N4O.